The second-order valence-corrected chi connectivity index (χ2v) is 5.79. The van der Waals surface area contributed by atoms with E-state index in [2.05, 4.69) is 45.1 Å². The van der Waals surface area contributed by atoms with Crippen LogP contribution >= 0.6 is 0 Å². The van der Waals surface area contributed by atoms with E-state index in [-0.39, 0.29) is 5.41 Å². The largest absolute Gasteiger partial charge is 0.397 e. The Bertz CT molecular complexity index is 429. The number of rotatable bonds is 4. The normalized spacial score (nSPS) is 25.6. The topological polar surface area (TPSA) is 47.3 Å². The van der Waals surface area contributed by atoms with Crippen LogP contribution in [0.25, 0.3) is 0 Å². The van der Waals surface area contributed by atoms with Crippen molar-refractivity contribution < 1.29 is 4.74 Å². The van der Waals surface area contributed by atoms with Crippen molar-refractivity contribution in [1.82, 2.24) is 0 Å². The highest BCUT2D eigenvalue weighted by molar-refractivity contribution is 5.67. The standard InChI is InChI=1S/C15H24N2O/c1-5-18-14-9-13(15(14,3)4)17-12-7-6-10(2)8-11(12)16/h6-8,13-14,17H,5,9,16H2,1-4H3. The van der Waals surface area contributed by atoms with Gasteiger partial charge in [0.2, 0.25) is 0 Å². The lowest BCUT2D eigenvalue weighted by Gasteiger charge is -2.52. The van der Waals surface area contributed by atoms with Crippen LogP contribution in [-0.4, -0.2) is 18.8 Å². The fourth-order valence-corrected chi connectivity index (χ4v) is 2.62. The maximum Gasteiger partial charge on any atom is 0.0665 e. The van der Waals surface area contributed by atoms with Gasteiger partial charge in [-0.25, -0.2) is 0 Å². The van der Waals surface area contributed by atoms with Gasteiger partial charge in [-0.3, -0.25) is 0 Å². The SMILES string of the molecule is CCOC1CC(Nc2ccc(C)cc2N)C1(C)C. The van der Waals surface area contributed by atoms with Crippen LogP contribution in [0.1, 0.15) is 32.8 Å². The average molecular weight is 248 g/mol. The summed E-state index contributed by atoms with van der Waals surface area (Å²) in [7, 11) is 0. The van der Waals surface area contributed by atoms with Crippen LogP contribution in [0.3, 0.4) is 0 Å². The molecule has 0 heterocycles. The summed E-state index contributed by atoms with van der Waals surface area (Å²) in [6.07, 6.45) is 1.40. The third-order valence-electron chi connectivity index (χ3n) is 4.08. The van der Waals surface area contributed by atoms with Gasteiger partial charge in [-0.05, 0) is 38.0 Å². The highest BCUT2D eigenvalue weighted by atomic mass is 16.5. The first-order valence-electron chi connectivity index (χ1n) is 6.69. The molecule has 3 nitrogen and oxygen atoms in total. The molecule has 2 unspecified atom stereocenters. The molecule has 2 atom stereocenters. The van der Waals surface area contributed by atoms with Gasteiger partial charge < -0.3 is 15.8 Å². The Balaban J connectivity index is 2.03. The lowest BCUT2D eigenvalue weighted by molar-refractivity contribution is -0.0975. The molecule has 1 aliphatic rings. The quantitative estimate of drug-likeness (QED) is 0.804. The molecule has 1 aromatic rings. The Morgan fingerprint density at radius 2 is 2.17 bits per heavy atom. The molecular formula is C15H24N2O. The Kier molecular flexibility index (Phi) is 3.53. The monoisotopic (exact) mass is 248 g/mol. The van der Waals surface area contributed by atoms with Gasteiger partial charge in [0.25, 0.3) is 0 Å². The van der Waals surface area contributed by atoms with E-state index < -0.39 is 0 Å². The Hall–Kier alpha value is -1.22. The van der Waals surface area contributed by atoms with E-state index in [0.29, 0.717) is 12.1 Å². The van der Waals surface area contributed by atoms with Crippen LogP contribution in [-0.2, 0) is 4.74 Å². The molecular weight excluding hydrogens is 224 g/mol. The van der Waals surface area contributed by atoms with Gasteiger partial charge in [-0.2, -0.15) is 0 Å². The predicted molar refractivity (Wildman–Crippen MR) is 76.8 cm³/mol. The molecule has 0 spiro atoms. The molecule has 1 fully saturated rings. The zero-order valence-corrected chi connectivity index (χ0v) is 11.8. The summed E-state index contributed by atoms with van der Waals surface area (Å²) < 4.78 is 5.74. The number of hydrogen-bond donors (Lipinski definition) is 2. The minimum absolute atomic E-state index is 0.160. The summed E-state index contributed by atoms with van der Waals surface area (Å²) in [5.41, 5.74) is 9.25. The average Bonchev–Trinajstić information content (AvgIpc) is 2.30. The molecule has 3 heteroatoms. The van der Waals surface area contributed by atoms with Crippen LogP contribution in [0.5, 0.6) is 0 Å². The van der Waals surface area contributed by atoms with Crippen molar-refractivity contribution in [1.29, 1.82) is 0 Å². The first-order valence-corrected chi connectivity index (χ1v) is 6.69. The van der Waals surface area contributed by atoms with Gasteiger partial charge in [-0.1, -0.05) is 19.9 Å². The predicted octanol–water partition coefficient (Wildman–Crippen LogP) is 3.19. The molecule has 0 radical (unpaired) electrons. The summed E-state index contributed by atoms with van der Waals surface area (Å²) in [4.78, 5) is 0. The summed E-state index contributed by atoms with van der Waals surface area (Å²) in [6.45, 7) is 9.39. The van der Waals surface area contributed by atoms with Crippen LogP contribution in [0.15, 0.2) is 18.2 Å². The third kappa shape index (κ3) is 2.32. The number of aryl methyl sites for hydroxylation is 1. The van der Waals surface area contributed by atoms with E-state index >= 15 is 0 Å². The molecule has 0 aliphatic heterocycles. The lowest BCUT2D eigenvalue weighted by Crippen LogP contribution is -2.58. The van der Waals surface area contributed by atoms with Gasteiger partial charge >= 0.3 is 0 Å². The van der Waals surface area contributed by atoms with Crippen molar-refractivity contribution in [2.45, 2.75) is 46.3 Å². The molecule has 1 saturated carbocycles. The Morgan fingerprint density at radius 3 is 2.72 bits per heavy atom. The van der Waals surface area contributed by atoms with Gasteiger partial charge in [0.05, 0.1) is 17.5 Å². The molecule has 1 aliphatic carbocycles. The second-order valence-electron chi connectivity index (χ2n) is 5.79. The molecule has 18 heavy (non-hydrogen) atoms. The van der Waals surface area contributed by atoms with Crippen LogP contribution in [0.4, 0.5) is 11.4 Å². The second kappa shape index (κ2) is 4.81. The van der Waals surface area contributed by atoms with Gasteiger partial charge in [0, 0.05) is 18.1 Å². The fourth-order valence-electron chi connectivity index (χ4n) is 2.62. The fraction of sp³-hybridized carbons (Fsp3) is 0.600. The highest BCUT2D eigenvalue weighted by Crippen LogP contribution is 2.44. The van der Waals surface area contributed by atoms with Crippen molar-refractivity contribution >= 4 is 11.4 Å². The van der Waals surface area contributed by atoms with E-state index in [1.165, 1.54) is 5.56 Å². The van der Waals surface area contributed by atoms with Gasteiger partial charge in [0.1, 0.15) is 0 Å². The highest BCUT2D eigenvalue weighted by Gasteiger charge is 2.48. The number of hydrogen-bond acceptors (Lipinski definition) is 3. The van der Waals surface area contributed by atoms with E-state index in [4.69, 9.17) is 10.5 Å². The molecule has 0 bridgehead atoms. The zero-order valence-electron chi connectivity index (χ0n) is 11.8. The summed E-state index contributed by atoms with van der Waals surface area (Å²) in [6, 6.07) is 6.59. The summed E-state index contributed by atoms with van der Waals surface area (Å²) >= 11 is 0. The van der Waals surface area contributed by atoms with Crippen molar-refractivity contribution in [3.8, 4) is 0 Å². The minimum Gasteiger partial charge on any atom is -0.397 e. The molecule has 0 saturated heterocycles. The van der Waals surface area contributed by atoms with E-state index in [0.717, 1.165) is 24.4 Å². The Morgan fingerprint density at radius 1 is 1.44 bits per heavy atom. The summed E-state index contributed by atoms with van der Waals surface area (Å²) in [5.74, 6) is 0. The van der Waals surface area contributed by atoms with Crippen molar-refractivity contribution in [3.05, 3.63) is 23.8 Å². The molecule has 3 N–H and O–H groups in total. The smallest absolute Gasteiger partial charge is 0.0665 e. The van der Waals surface area contributed by atoms with Crippen LogP contribution in [0.2, 0.25) is 0 Å². The van der Waals surface area contributed by atoms with Crippen LogP contribution < -0.4 is 11.1 Å². The van der Waals surface area contributed by atoms with Crippen molar-refractivity contribution in [2.75, 3.05) is 17.7 Å². The first-order chi connectivity index (χ1) is 8.45. The maximum absolute atomic E-state index is 6.04. The van der Waals surface area contributed by atoms with Crippen molar-refractivity contribution in [2.24, 2.45) is 5.41 Å². The third-order valence-corrected chi connectivity index (χ3v) is 4.08. The van der Waals surface area contributed by atoms with Crippen LogP contribution in [0, 0.1) is 12.3 Å². The van der Waals surface area contributed by atoms with Gasteiger partial charge in [-0.15, -0.1) is 0 Å². The Labute approximate surface area is 110 Å². The zero-order chi connectivity index (χ0) is 13.3. The van der Waals surface area contributed by atoms with E-state index in [1.807, 2.05) is 6.07 Å². The number of nitrogens with one attached hydrogen (secondary N) is 1. The number of nitrogens with two attached hydrogens (primary N) is 1. The molecule has 0 aromatic heterocycles. The number of anilines is 2. The maximum atomic E-state index is 6.04. The minimum atomic E-state index is 0.160. The molecule has 1 aromatic carbocycles. The van der Waals surface area contributed by atoms with E-state index in [1.54, 1.807) is 0 Å². The van der Waals surface area contributed by atoms with Gasteiger partial charge in [0.15, 0.2) is 0 Å². The number of nitrogen functional groups attached to an aromatic ring is 1. The first kappa shape index (κ1) is 13.2. The molecule has 100 valence electrons. The molecule has 2 rings (SSSR count). The van der Waals surface area contributed by atoms with E-state index in [9.17, 15) is 0 Å². The van der Waals surface area contributed by atoms with Crippen molar-refractivity contribution in [3.63, 3.8) is 0 Å². The lowest BCUT2D eigenvalue weighted by atomic mass is 9.64. The number of benzene rings is 1. The number of ether oxygens (including phenoxy) is 1. The molecule has 0 amide bonds. The summed E-state index contributed by atoms with van der Waals surface area (Å²) in [5, 5.41) is 3.55.